The molecule has 1 heterocycles. The minimum absolute atomic E-state index is 0.118. The van der Waals surface area contributed by atoms with Gasteiger partial charge in [-0.05, 0) is 36.8 Å². The molecule has 9 heteroatoms. The molecule has 2 aromatic rings. The van der Waals surface area contributed by atoms with E-state index in [-0.39, 0.29) is 11.3 Å². The molecule has 3 amide bonds. The lowest BCUT2D eigenvalue weighted by atomic mass is 10.0. The molecule has 0 aromatic heterocycles. The highest BCUT2D eigenvalue weighted by Crippen LogP contribution is 2.39. The number of carbonyl (C=O) groups is 2. The van der Waals surface area contributed by atoms with E-state index < -0.39 is 29.7 Å². The highest BCUT2D eigenvalue weighted by atomic mass is 19.4. The Morgan fingerprint density at radius 1 is 1.07 bits per heavy atom. The van der Waals surface area contributed by atoms with Crippen LogP contribution in [0.15, 0.2) is 36.4 Å². The Morgan fingerprint density at radius 3 is 2.39 bits per heavy atom. The number of urea groups is 1. The van der Waals surface area contributed by atoms with Crippen LogP contribution in [0.2, 0.25) is 0 Å². The number of anilines is 1. The standard InChI is InChI=1S/C19H17F3N2O4/c1-10-13(19(20,21)22)5-4-6-14(10)24-17(25)16(23-18(24)26)12-8-7-11(27-2)9-15(12)28-3/h4-9,16H,1-3H3,(H,23,26)/t16-/m0/s1. The number of carbonyl (C=O) groups excluding carboxylic acids is 2. The molecule has 28 heavy (non-hydrogen) atoms. The molecule has 0 saturated carbocycles. The number of nitrogens with zero attached hydrogens (tertiary/aromatic N) is 1. The molecule has 1 aliphatic heterocycles. The zero-order chi connectivity index (χ0) is 20.6. The number of methoxy groups -OCH3 is 2. The minimum atomic E-state index is -4.60. The van der Waals surface area contributed by atoms with Crippen molar-refractivity contribution in [2.45, 2.75) is 19.1 Å². The summed E-state index contributed by atoms with van der Waals surface area (Å²) in [6.07, 6.45) is -4.60. The van der Waals surface area contributed by atoms with E-state index in [4.69, 9.17) is 9.47 Å². The molecule has 1 fully saturated rings. The van der Waals surface area contributed by atoms with Crippen LogP contribution in [0.5, 0.6) is 11.5 Å². The van der Waals surface area contributed by atoms with Gasteiger partial charge in [-0.3, -0.25) is 4.79 Å². The normalized spacial score (nSPS) is 16.9. The molecule has 1 saturated heterocycles. The fourth-order valence-electron chi connectivity index (χ4n) is 3.15. The topological polar surface area (TPSA) is 67.9 Å². The lowest BCUT2D eigenvalue weighted by Gasteiger charge is -2.19. The quantitative estimate of drug-likeness (QED) is 0.801. The first-order chi connectivity index (χ1) is 13.2. The first-order valence-electron chi connectivity index (χ1n) is 8.22. The van der Waals surface area contributed by atoms with Crippen LogP contribution in [0.1, 0.15) is 22.7 Å². The maximum absolute atomic E-state index is 13.2. The van der Waals surface area contributed by atoms with Gasteiger partial charge < -0.3 is 14.8 Å². The number of imide groups is 1. The third-order valence-corrected chi connectivity index (χ3v) is 4.54. The fraction of sp³-hybridized carbons (Fsp3) is 0.263. The Labute approximate surface area is 158 Å². The van der Waals surface area contributed by atoms with E-state index in [0.29, 0.717) is 17.1 Å². The molecule has 1 N–H and O–H groups in total. The van der Waals surface area contributed by atoms with Gasteiger partial charge in [-0.1, -0.05) is 6.07 Å². The number of alkyl halides is 3. The Bertz CT molecular complexity index is 943. The summed E-state index contributed by atoms with van der Waals surface area (Å²) >= 11 is 0. The van der Waals surface area contributed by atoms with Gasteiger partial charge in [0.2, 0.25) is 0 Å². The van der Waals surface area contributed by atoms with Gasteiger partial charge in [0.1, 0.15) is 17.5 Å². The lowest BCUT2D eigenvalue weighted by molar-refractivity contribution is -0.138. The number of hydrogen-bond donors (Lipinski definition) is 1. The second-order valence-electron chi connectivity index (χ2n) is 6.11. The summed E-state index contributed by atoms with van der Waals surface area (Å²) in [5.41, 5.74) is -0.863. The van der Waals surface area contributed by atoms with Gasteiger partial charge in [0, 0.05) is 11.6 Å². The first-order valence-corrected chi connectivity index (χ1v) is 8.22. The van der Waals surface area contributed by atoms with Crippen LogP contribution in [0.25, 0.3) is 0 Å². The van der Waals surface area contributed by atoms with Crippen molar-refractivity contribution in [2.24, 2.45) is 0 Å². The molecule has 3 rings (SSSR count). The zero-order valence-corrected chi connectivity index (χ0v) is 15.3. The Morgan fingerprint density at radius 2 is 1.79 bits per heavy atom. The van der Waals surface area contributed by atoms with E-state index in [9.17, 15) is 22.8 Å². The van der Waals surface area contributed by atoms with Crippen LogP contribution < -0.4 is 19.7 Å². The van der Waals surface area contributed by atoms with Crippen molar-refractivity contribution in [3.8, 4) is 11.5 Å². The third-order valence-electron chi connectivity index (χ3n) is 4.54. The van der Waals surface area contributed by atoms with E-state index in [2.05, 4.69) is 5.32 Å². The number of benzene rings is 2. The highest BCUT2D eigenvalue weighted by Gasteiger charge is 2.43. The van der Waals surface area contributed by atoms with Crippen molar-refractivity contribution >= 4 is 17.6 Å². The molecule has 0 aliphatic carbocycles. The Balaban J connectivity index is 2.03. The van der Waals surface area contributed by atoms with Gasteiger partial charge in [0.15, 0.2) is 0 Å². The summed E-state index contributed by atoms with van der Waals surface area (Å²) in [6, 6.07) is 6.16. The van der Waals surface area contributed by atoms with Crippen molar-refractivity contribution in [3.05, 3.63) is 53.1 Å². The van der Waals surface area contributed by atoms with E-state index in [1.807, 2.05) is 0 Å². The number of nitrogens with one attached hydrogen (secondary N) is 1. The first kappa shape index (κ1) is 19.5. The van der Waals surface area contributed by atoms with Crippen LogP contribution >= 0.6 is 0 Å². The number of hydrogen-bond acceptors (Lipinski definition) is 4. The Hall–Kier alpha value is -3.23. The number of rotatable bonds is 4. The number of halogens is 3. The van der Waals surface area contributed by atoms with E-state index in [1.54, 1.807) is 18.2 Å². The summed E-state index contributed by atoms with van der Waals surface area (Å²) in [5.74, 6) is 0.0967. The third kappa shape index (κ3) is 3.23. The van der Waals surface area contributed by atoms with Gasteiger partial charge in [-0.2, -0.15) is 13.2 Å². The average Bonchev–Trinajstić information content (AvgIpc) is 2.94. The van der Waals surface area contributed by atoms with Crippen molar-refractivity contribution in [2.75, 3.05) is 19.1 Å². The summed E-state index contributed by atoms with van der Waals surface area (Å²) in [7, 11) is 2.86. The molecule has 1 atom stereocenters. The zero-order valence-electron chi connectivity index (χ0n) is 15.3. The monoisotopic (exact) mass is 394 g/mol. The molecule has 0 unspecified atom stereocenters. The number of amides is 3. The van der Waals surface area contributed by atoms with Crippen molar-refractivity contribution in [1.82, 2.24) is 5.32 Å². The largest absolute Gasteiger partial charge is 0.497 e. The predicted octanol–water partition coefficient (Wildman–Crippen LogP) is 3.83. The number of ether oxygens (including phenoxy) is 2. The minimum Gasteiger partial charge on any atom is -0.497 e. The van der Waals surface area contributed by atoms with Crippen molar-refractivity contribution in [3.63, 3.8) is 0 Å². The SMILES string of the molecule is COc1ccc([C@@H]2NC(=O)N(c3cccc(C(F)(F)F)c3C)C2=O)c(OC)c1. The van der Waals surface area contributed by atoms with Crippen LogP contribution in [-0.4, -0.2) is 26.2 Å². The summed E-state index contributed by atoms with van der Waals surface area (Å²) in [6.45, 7) is 1.22. The molecule has 0 radical (unpaired) electrons. The molecular formula is C19H17F3N2O4. The van der Waals surface area contributed by atoms with Crippen molar-refractivity contribution in [1.29, 1.82) is 0 Å². The summed E-state index contributed by atoms with van der Waals surface area (Å²) < 4.78 is 49.9. The highest BCUT2D eigenvalue weighted by molar-refractivity contribution is 6.22. The van der Waals surface area contributed by atoms with Crippen molar-refractivity contribution < 1.29 is 32.2 Å². The van der Waals surface area contributed by atoms with Gasteiger partial charge in [-0.25, -0.2) is 9.69 Å². The van der Waals surface area contributed by atoms with Crippen LogP contribution in [0.3, 0.4) is 0 Å². The second-order valence-corrected chi connectivity index (χ2v) is 6.11. The van der Waals surface area contributed by atoms with E-state index >= 15 is 0 Å². The second kappa shape index (κ2) is 7.06. The maximum Gasteiger partial charge on any atom is 0.416 e. The molecule has 1 aliphatic rings. The Kier molecular flexibility index (Phi) is 4.93. The molecule has 6 nitrogen and oxygen atoms in total. The summed E-state index contributed by atoms with van der Waals surface area (Å²) in [5, 5.41) is 2.50. The predicted molar refractivity (Wildman–Crippen MR) is 94.5 cm³/mol. The summed E-state index contributed by atoms with van der Waals surface area (Å²) in [4.78, 5) is 26.1. The molecule has 0 spiro atoms. The van der Waals surface area contributed by atoms with Crippen LogP contribution in [0, 0.1) is 6.92 Å². The van der Waals surface area contributed by atoms with Gasteiger partial charge in [0.25, 0.3) is 5.91 Å². The average molecular weight is 394 g/mol. The molecular weight excluding hydrogens is 377 g/mol. The maximum atomic E-state index is 13.2. The molecule has 148 valence electrons. The lowest BCUT2D eigenvalue weighted by Crippen LogP contribution is -2.31. The molecule has 0 bridgehead atoms. The smallest absolute Gasteiger partial charge is 0.416 e. The van der Waals surface area contributed by atoms with Gasteiger partial charge >= 0.3 is 12.2 Å². The van der Waals surface area contributed by atoms with Gasteiger partial charge in [0.05, 0.1) is 25.5 Å². The van der Waals surface area contributed by atoms with Crippen LogP contribution in [-0.2, 0) is 11.0 Å². The van der Waals surface area contributed by atoms with Gasteiger partial charge in [-0.15, -0.1) is 0 Å². The van der Waals surface area contributed by atoms with E-state index in [0.717, 1.165) is 17.0 Å². The van der Waals surface area contributed by atoms with E-state index in [1.165, 1.54) is 27.2 Å². The van der Waals surface area contributed by atoms with Crippen LogP contribution in [0.4, 0.5) is 23.7 Å². The molecule has 2 aromatic carbocycles. The fourth-order valence-corrected chi connectivity index (χ4v) is 3.15.